The minimum absolute atomic E-state index is 0.0167. The van der Waals surface area contributed by atoms with Crippen LogP contribution in [0.25, 0.3) is 22.6 Å². The van der Waals surface area contributed by atoms with E-state index in [4.69, 9.17) is 5.14 Å². The zero-order valence-corrected chi connectivity index (χ0v) is 16.1. The first-order valence-electron chi connectivity index (χ1n) is 8.18. The molecule has 3 N–H and O–H groups in total. The number of nitrogens with two attached hydrogens (primary N) is 1. The number of amides is 1. The molecule has 0 radical (unpaired) electrons. The van der Waals surface area contributed by atoms with E-state index in [0.29, 0.717) is 17.2 Å². The van der Waals surface area contributed by atoms with Crippen LogP contribution in [-0.4, -0.2) is 28.9 Å². The molecule has 0 aliphatic carbocycles. The van der Waals surface area contributed by atoms with Crippen LogP contribution in [0, 0.1) is 0 Å². The van der Waals surface area contributed by atoms with Crippen molar-refractivity contribution in [1.82, 2.24) is 14.5 Å². The van der Waals surface area contributed by atoms with E-state index in [1.165, 1.54) is 35.6 Å². The predicted molar refractivity (Wildman–Crippen MR) is 107 cm³/mol. The summed E-state index contributed by atoms with van der Waals surface area (Å²) in [6.07, 6.45) is 0. The van der Waals surface area contributed by atoms with Crippen LogP contribution in [0.3, 0.4) is 0 Å². The molecule has 0 bridgehead atoms. The van der Waals surface area contributed by atoms with Crippen molar-refractivity contribution < 1.29 is 13.2 Å². The highest BCUT2D eigenvalue weighted by atomic mass is 32.2. The van der Waals surface area contributed by atoms with Gasteiger partial charge in [0.2, 0.25) is 15.9 Å². The topological polar surface area (TPSA) is 120 Å². The number of hydrogen-bond acceptors (Lipinski definition) is 6. The van der Waals surface area contributed by atoms with Gasteiger partial charge in [-0.25, -0.2) is 23.5 Å². The average Bonchev–Trinajstić information content (AvgIpc) is 3.30. The second-order valence-electron chi connectivity index (χ2n) is 6.00. The number of rotatable bonds is 5. The molecular weight excluding hydrogens is 398 g/mol. The molecule has 8 nitrogen and oxygen atoms in total. The third-order valence-corrected chi connectivity index (χ3v) is 5.60. The van der Waals surface area contributed by atoms with Crippen molar-refractivity contribution >= 4 is 44.0 Å². The Morgan fingerprint density at radius 3 is 2.57 bits per heavy atom. The lowest BCUT2D eigenvalue weighted by molar-refractivity contribution is -0.116. The summed E-state index contributed by atoms with van der Waals surface area (Å²) in [6, 6.07) is 13.2. The maximum atomic E-state index is 12.6. The standard InChI is InChI=1S/C18H15N5O3S2/c19-28(25,26)13-7-5-12(6-8-13)21-17(24)9-23-16-4-2-1-3-14(16)22-18(23)15-10-27-11-20-15/h1-8,10-11H,9H2,(H,21,24)(H2,19,25,26). The monoisotopic (exact) mass is 413 g/mol. The number of carbonyl (C=O) groups is 1. The molecule has 0 aliphatic rings. The Morgan fingerprint density at radius 2 is 1.89 bits per heavy atom. The van der Waals surface area contributed by atoms with Crippen molar-refractivity contribution in [3.05, 3.63) is 59.4 Å². The molecule has 0 unspecified atom stereocenters. The summed E-state index contributed by atoms with van der Waals surface area (Å²) >= 11 is 1.45. The molecule has 142 valence electrons. The Balaban J connectivity index is 1.61. The lowest BCUT2D eigenvalue weighted by Gasteiger charge is -2.09. The third kappa shape index (κ3) is 3.65. The third-order valence-electron chi connectivity index (χ3n) is 4.08. The average molecular weight is 413 g/mol. The molecule has 2 aromatic carbocycles. The van der Waals surface area contributed by atoms with Crippen LogP contribution in [0.5, 0.6) is 0 Å². The highest BCUT2D eigenvalue weighted by Gasteiger charge is 2.16. The first kappa shape index (κ1) is 18.3. The number of benzene rings is 2. The molecule has 0 atom stereocenters. The minimum atomic E-state index is -3.78. The number of aromatic nitrogens is 3. The van der Waals surface area contributed by atoms with Crippen molar-refractivity contribution in [2.24, 2.45) is 5.14 Å². The first-order valence-corrected chi connectivity index (χ1v) is 10.7. The van der Waals surface area contributed by atoms with E-state index in [1.54, 1.807) is 10.1 Å². The Labute approximate surface area is 164 Å². The van der Waals surface area contributed by atoms with Gasteiger partial charge in [0.15, 0.2) is 5.82 Å². The van der Waals surface area contributed by atoms with Crippen molar-refractivity contribution in [2.75, 3.05) is 5.32 Å². The SMILES string of the molecule is NS(=O)(=O)c1ccc(NC(=O)Cn2c(-c3cscn3)nc3ccccc32)cc1. The maximum absolute atomic E-state index is 12.6. The number of imidazole rings is 1. The minimum Gasteiger partial charge on any atom is -0.325 e. The van der Waals surface area contributed by atoms with E-state index in [1.807, 2.05) is 29.6 Å². The van der Waals surface area contributed by atoms with E-state index in [9.17, 15) is 13.2 Å². The Morgan fingerprint density at radius 1 is 1.14 bits per heavy atom. The van der Waals surface area contributed by atoms with Crippen LogP contribution in [0.4, 0.5) is 5.69 Å². The summed E-state index contributed by atoms with van der Waals surface area (Å²) in [6.45, 7) is 0.0321. The molecule has 0 aliphatic heterocycles. The molecule has 4 rings (SSSR count). The number of para-hydroxylation sites is 2. The van der Waals surface area contributed by atoms with Gasteiger partial charge in [-0.2, -0.15) is 0 Å². The number of fused-ring (bicyclic) bond motifs is 1. The summed E-state index contributed by atoms with van der Waals surface area (Å²) in [4.78, 5) is 21.5. The van der Waals surface area contributed by atoms with Crippen LogP contribution < -0.4 is 10.5 Å². The van der Waals surface area contributed by atoms with Gasteiger partial charge in [0.1, 0.15) is 12.2 Å². The Kier molecular flexibility index (Phi) is 4.67. The molecule has 0 fully saturated rings. The number of thiazole rings is 1. The maximum Gasteiger partial charge on any atom is 0.244 e. The van der Waals surface area contributed by atoms with Crippen LogP contribution in [0.15, 0.2) is 64.3 Å². The fourth-order valence-corrected chi connectivity index (χ4v) is 3.87. The summed E-state index contributed by atoms with van der Waals surface area (Å²) in [7, 11) is -3.78. The lowest BCUT2D eigenvalue weighted by Crippen LogP contribution is -2.19. The Hall–Kier alpha value is -3.08. The fraction of sp³-hybridized carbons (Fsp3) is 0.0556. The molecule has 28 heavy (non-hydrogen) atoms. The van der Waals surface area contributed by atoms with Crippen LogP contribution in [0.2, 0.25) is 0 Å². The van der Waals surface area contributed by atoms with Gasteiger partial charge < -0.3 is 9.88 Å². The van der Waals surface area contributed by atoms with Crippen molar-refractivity contribution in [1.29, 1.82) is 0 Å². The van der Waals surface area contributed by atoms with E-state index >= 15 is 0 Å². The Bertz CT molecular complexity index is 1250. The number of hydrogen-bond donors (Lipinski definition) is 2. The summed E-state index contributed by atoms with van der Waals surface area (Å²) in [5.41, 5.74) is 4.48. The summed E-state index contributed by atoms with van der Waals surface area (Å²) in [5, 5.41) is 9.72. The fourth-order valence-electron chi connectivity index (χ4n) is 2.83. The van der Waals surface area contributed by atoms with Gasteiger partial charge in [0.05, 0.1) is 21.4 Å². The van der Waals surface area contributed by atoms with E-state index in [0.717, 1.165) is 11.0 Å². The summed E-state index contributed by atoms with van der Waals surface area (Å²) in [5.74, 6) is 0.338. The smallest absolute Gasteiger partial charge is 0.244 e. The number of sulfonamides is 1. The van der Waals surface area contributed by atoms with E-state index in [2.05, 4.69) is 15.3 Å². The van der Waals surface area contributed by atoms with Crippen molar-refractivity contribution in [2.45, 2.75) is 11.4 Å². The normalized spacial score (nSPS) is 11.6. The van der Waals surface area contributed by atoms with Crippen molar-refractivity contribution in [3.63, 3.8) is 0 Å². The van der Waals surface area contributed by atoms with Crippen LogP contribution in [0.1, 0.15) is 0 Å². The number of primary sulfonamides is 1. The first-order chi connectivity index (χ1) is 13.4. The molecule has 0 saturated heterocycles. The number of anilines is 1. The van der Waals surface area contributed by atoms with Gasteiger partial charge in [-0.3, -0.25) is 4.79 Å². The van der Waals surface area contributed by atoms with Gasteiger partial charge in [0.25, 0.3) is 0 Å². The number of carbonyl (C=O) groups excluding carboxylic acids is 1. The molecule has 1 amide bonds. The van der Waals surface area contributed by atoms with E-state index in [-0.39, 0.29) is 17.3 Å². The van der Waals surface area contributed by atoms with Gasteiger partial charge in [-0.05, 0) is 36.4 Å². The summed E-state index contributed by atoms with van der Waals surface area (Å²) < 4.78 is 24.5. The van der Waals surface area contributed by atoms with Gasteiger partial charge >= 0.3 is 0 Å². The molecule has 0 spiro atoms. The molecule has 4 aromatic rings. The highest BCUT2D eigenvalue weighted by Crippen LogP contribution is 2.24. The van der Waals surface area contributed by atoms with Crippen molar-refractivity contribution in [3.8, 4) is 11.5 Å². The quantitative estimate of drug-likeness (QED) is 0.521. The predicted octanol–water partition coefficient (Wildman–Crippen LogP) is 2.45. The zero-order chi connectivity index (χ0) is 19.7. The second-order valence-corrected chi connectivity index (χ2v) is 8.28. The van der Waals surface area contributed by atoms with Crippen LogP contribution in [-0.2, 0) is 21.4 Å². The largest absolute Gasteiger partial charge is 0.325 e. The van der Waals surface area contributed by atoms with Gasteiger partial charge in [-0.1, -0.05) is 12.1 Å². The molecule has 10 heteroatoms. The lowest BCUT2D eigenvalue weighted by atomic mass is 10.3. The zero-order valence-electron chi connectivity index (χ0n) is 14.4. The van der Waals surface area contributed by atoms with Gasteiger partial charge in [0, 0.05) is 11.1 Å². The van der Waals surface area contributed by atoms with E-state index < -0.39 is 10.0 Å². The highest BCUT2D eigenvalue weighted by molar-refractivity contribution is 7.89. The molecule has 2 aromatic heterocycles. The molecule has 0 saturated carbocycles. The van der Waals surface area contributed by atoms with Crippen LogP contribution >= 0.6 is 11.3 Å². The second kappa shape index (κ2) is 7.15. The molecular formula is C18H15N5O3S2. The number of nitrogens with one attached hydrogen (secondary N) is 1. The molecule has 2 heterocycles. The number of nitrogens with zero attached hydrogens (tertiary/aromatic N) is 3. The van der Waals surface area contributed by atoms with Gasteiger partial charge in [-0.15, -0.1) is 11.3 Å².